The molecule has 0 saturated carbocycles. The maximum Gasteiger partial charge on any atom is 0.405 e. The van der Waals surface area contributed by atoms with Crippen molar-refractivity contribution in [3.05, 3.63) is 29.8 Å². The number of hydrogen-bond donors (Lipinski definition) is 2. The lowest BCUT2D eigenvalue weighted by molar-refractivity contribution is -0.137. The SMILES string of the molecule is NC1CCN(CC(=O)NCC(F)(F)F)c2ccccc21. The first-order valence-corrected chi connectivity index (χ1v) is 6.30. The van der Waals surface area contributed by atoms with E-state index in [-0.39, 0.29) is 12.6 Å². The van der Waals surface area contributed by atoms with Crippen LogP contribution in [-0.4, -0.2) is 31.7 Å². The Kier molecular flexibility index (Phi) is 4.17. The lowest BCUT2D eigenvalue weighted by Crippen LogP contribution is -2.43. The molecule has 1 aliphatic heterocycles. The molecular formula is C13H16F3N3O. The molecule has 2 rings (SSSR count). The lowest BCUT2D eigenvalue weighted by Gasteiger charge is -2.33. The van der Waals surface area contributed by atoms with Gasteiger partial charge >= 0.3 is 6.18 Å². The molecule has 0 fully saturated rings. The average Bonchev–Trinajstić information content (AvgIpc) is 2.39. The van der Waals surface area contributed by atoms with Gasteiger partial charge in [-0.3, -0.25) is 4.79 Å². The fraction of sp³-hybridized carbons (Fsp3) is 0.462. The van der Waals surface area contributed by atoms with E-state index in [4.69, 9.17) is 5.73 Å². The summed E-state index contributed by atoms with van der Waals surface area (Å²) in [6, 6.07) is 7.27. The van der Waals surface area contributed by atoms with E-state index in [9.17, 15) is 18.0 Å². The van der Waals surface area contributed by atoms with Gasteiger partial charge in [0, 0.05) is 18.3 Å². The topological polar surface area (TPSA) is 58.4 Å². The largest absolute Gasteiger partial charge is 0.405 e. The number of halogens is 3. The zero-order chi connectivity index (χ0) is 14.8. The van der Waals surface area contributed by atoms with E-state index in [0.717, 1.165) is 11.3 Å². The smallest absolute Gasteiger partial charge is 0.362 e. The van der Waals surface area contributed by atoms with E-state index in [2.05, 4.69) is 0 Å². The van der Waals surface area contributed by atoms with Crippen LogP contribution in [-0.2, 0) is 4.79 Å². The fourth-order valence-electron chi connectivity index (χ4n) is 2.25. The normalized spacial score (nSPS) is 18.6. The molecule has 0 spiro atoms. The van der Waals surface area contributed by atoms with Gasteiger partial charge in [0.1, 0.15) is 6.54 Å². The summed E-state index contributed by atoms with van der Waals surface area (Å²) in [7, 11) is 0. The van der Waals surface area contributed by atoms with Crippen LogP contribution in [0.25, 0.3) is 0 Å². The van der Waals surface area contributed by atoms with Crippen LogP contribution in [0, 0.1) is 0 Å². The number of rotatable bonds is 3. The van der Waals surface area contributed by atoms with Crippen molar-refractivity contribution >= 4 is 11.6 Å². The Morgan fingerprint density at radius 3 is 2.80 bits per heavy atom. The van der Waals surface area contributed by atoms with Crippen LogP contribution >= 0.6 is 0 Å². The molecule has 0 bridgehead atoms. The second-order valence-electron chi connectivity index (χ2n) is 4.77. The van der Waals surface area contributed by atoms with E-state index >= 15 is 0 Å². The maximum atomic E-state index is 12.0. The number of nitrogens with two attached hydrogens (primary N) is 1. The van der Waals surface area contributed by atoms with Gasteiger partial charge in [0.15, 0.2) is 0 Å². The number of anilines is 1. The molecule has 1 aromatic rings. The van der Waals surface area contributed by atoms with Crippen LogP contribution in [0.2, 0.25) is 0 Å². The monoisotopic (exact) mass is 287 g/mol. The van der Waals surface area contributed by atoms with Crippen molar-refractivity contribution in [1.82, 2.24) is 5.32 Å². The van der Waals surface area contributed by atoms with Crippen molar-refractivity contribution in [3.63, 3.8) is 0 Å². The number of alkyl halides is 3. The van der Waals surface area contributed by atoms with Gasteiger partial charge in [-0.2, -0.15) is 13.2 Å². The minimum Gasteiger partial charge on any atom is -0.362 e. The first kappa shape index (κ1) is 14.6. The molecule has 0 aromatic heterocycles. The average molecular weight is 287 g/mol. The van der Waals surface area contributed by atoms with Gasteiger partial charge in [0.2, 0.25) is 5.91 Å². The third-order valence-electron chi connectivity index (χ3n) is 3.21. The Hall–Kier alpha value is -1.76. The molecule has 0 saturated heterocycles. The minimum atomic E-state index is -4.39. The van der Waals surface area contributed by atoms with Crippen LogP contribution in [0.1, 0.15) is 18.0 Å². The van der Waals surface area contributed by atoms with Gasteiger partial charge < -0.3 is 16.0 Å². The van der Waals surface area contributed by atoms with Crippen molar-refractivity contribution in [2.75, 3.05) is 24.5 Å². The summed E-state index contributed by atoms with van der Waals surface area (Å²) >= 11 is 0. The molecule has 1 atom stereocenters. The van der Waals surface area contributed by atoms with Crippen LogP contribution in [0.4, 0.5) is 18.9 Å². The second-order valence-corrected chi connectivity index (χ2v) is 4.77. The summed E-state index contributed by atoms with van der Waals surface area (Å²) in [4.78, 5) is 13.3. The number of nitrogens with one attached hydrogen (secondary N) is 1. The summed E-state index contributed by atoms with van der Waals surface area (Å²) < 4.78 is 36.1. The summed E-state index contributed by atoms with van der Waals surface area (Å²) in [5.74, 6) is -0.646. The van der Waals surface area contributed by atoms with Crippen LogP contribution in [0.15, 0.2) is 24.3 Å². The van der Waals surface area contributed by atoms with E-state index < -0.39 is 18.6 Å². The molecular weight excluding hydrogens is 271 g/mol. The molecule has 1 heterocycles. The number of nitrogens with zero attached hydrogens (tertiary/aromatic N) is 1. The lowest BCUT2D eigenvalue weighted by atomic mass is 9.97. The summed E-state index contributed by atoms with van der Waals surface area (Å²) in [5, 5.41) is 1.88. The second kappa shape index (κ2) is 5.70. The van der Waals surface area contributed by atoms with Crippen LogP contribution < -0.4 is 16.0 Å². The zero-order valence-electron chi connectivity index (χ0n) is 10.8. The Balaban J connectivity index is 2.01. The summed E-state index contributed by atoms with van der Waals surface area (Å²) in [6.45, 7) is -0.849. The third-order valence-corrected chi connectivity index (χ3v) is 3.21. The molecule has 0 radical (unpaired) electrons. The molecule has 0 aliphatic carbocycles. The first-order chi connectivity index (χ1) is 9.37. The van der Waals surface area contributed by atoms with Crippen LogP contribution in [0.5, 0.6) is 0 Å². The standard InChI is InChI=1S/C13H16F3N3O/c14-13(15,16)8-18-12(20)7-19-6-5-10(17)9-3-1-2-4-11(9)19/h1-4,10H,5-8,17H2,(H,18,20). The van der Waals surface area contributed by atoms with Gasteiger partial charge in [-0.05, 0) is 18.1 Å². The van der Waals surface area contributed by atoms with Crippen molar-refractivity contribution in [3.8, 4) is 0 Å². The van der Waals surface area contributed by atoms with Crippen molar-refractivity contribution in [1.29, 1.82) is 0 Å². The number of carbonyl (C=O) groups excluding carboxylic acids is 1. The Bertz CT molecular complexity index is 490. The predicted molar refractivity (Wildman–Crippen MR) is 69.3 cm³/mol. The number of carbonyl (C=O) groups is 1. The van der Waals surface area contributed by atoms with Gasteiger partial charge in [-0.1, -0.05) is 18.2 Å². The summed E-state index contributed by atoms with van der Waals surface area (Å²) in [5.41, 5.74) is 7.71. The van der Waals surface area contributed by atoms with E-state index in [1.54, 1.807) is 4.90 Å². The number of fused-ring (bicyclic) bond motifs is 1. The molecule has 4 nitrogen and oxygen atoms in total. The fourth-order valence-corrected chi connectivity index (χ4v) is 2.25. The van der Waals surface area contributed by atoms with Gasteiger partial charge in [-0.15, -0.1) is 0 Å². The van der Waals surface area contributed by atoms with Crippen LogP contribution in [0.3, 0.4) is 0 Å². The van der Waals surface area contributed by atoms with E-state index in [0.29, 0.717) is 13.0 Å². The molecule has 1 unspecified atom stereocenters. The Labute approximate surface area is 114 Å². The third kappa shape index (κ3) is 3.63. The van der Waals surface area contributed by atoms with Gasteiger partial charge in [0.25, 0.3) is 0 Å². The zero-order valence-corrected chi connectivity index (χ0v) is 10.8. The molecule has 110 valence electrons. The van der Waals surface area contributed by atoms with Crippen molar-refractivity contribution in [2.45, 2.75) is 18.6 Å². The molecule has 1 aliphatic rings. The first-order valence-electron chi connectivity index (χ1n) is 6.30. The molecule has 1 aromatic carbocycles. The highest BCUT2D eigenvalue weighted by Gasteiger charge is 2.29. The Morgan fingerprint density at radius 2 is 2.10 bits per heavy atom. The van der Waals surface area contributed by atoms with Crippen molar-refractivity contribution in [2.24, 2.45) is 5.73 Å². The number of amides is 1. The maximum absolute atomic E-state index is 12.0. The van der Waals surface area contributed by atoms with E-state index in [1.807, 2.05) is 29.6 Å². The minimum absolute atomic E-state index is 0.0966. The highest BCUT2D eigenvalue weighted by atomic mass is 19.4. The Morgan fingerprint density at radius 1 is 1.40 bits per heavy atom. The molecule has 7 heteroatoms. The highest BCUT2D eigenvalue weighted by molar-refractivity contribution is 5.82. The number of hydrogen-bond acceptors (Lipinski definition) is 3. The number of para-hydroxylation sites is 1. The molecule has 20 heavy (non-hydrogen) atoms. The highest BCUT2D eigenvalue weighted by Crippen LogP contribution is 2.31. The predicted octanol–water partition coefficient (Wildman–Crippen LogP) is 1.57. The molecule has 3 N–H and O–H groups in total. The van der Waals surface area contributed by atoms with Crippen molar-refractivity contribution < 1.29 is 18.0 Å². The molecule has 1 amide bonds. The quantitative estimate of drug-likeness (QED) is 0.887. The van der Waals surface area contributed by atoms with Gasteiger partial charge in [0.05, 0.1) is 6.54 Å². The number of benzene rings is 1. The van der Waals surface area contributed by atoms with E-state index in [1.165, 1.54) is 0 Å². The summed E-state index contributed by atoms with van der Waals surface area (Å²) in [6.07, 6.45) is -3.72. The van der Waals surface area contributed by atoms with Gasteiger partial charge in [-0.25, -0.2) is 0 Å².